The van der Waals surface area contributed by atoms with Crippen molar-refractivity contribution in [1.29, 1.82) is 0 Å². The van der Waals surface area contributed by atoms with Crippen LogP contribution in [0.1, 0.15) is 55.5 Å². The van der Waals surface area contributed by atoms with Crippen molar-refractivity contribution in [1.82, 2.24) is 4.90 Å². The summed E-state index contributed by atoms with van der Waals surface area (Å²) in [6.07, 6.45) is 4.37. The fourth-order valence-electron chi connectivity index (χ4n) is 3.11. The second kappa shape index (κ2) is 5.94. The number of nitrogens with zero attached hydrogens (tertiary/aromatic N) is 1. The van der Waals surface area contributed by atoms with Gasteiger partial charge in [-0.05, 0) is 42.9 Å². The van der Waals surface area contributed by atoms with E-state index in [-0.39, 0.29) is 11.5 Å². The minimum atomic E-state index is -0.405. The van der Waals surface area contributed by atoms with Crippen molar-refractivity contribution >= 4 is 5.91 Å². The summed E-state index contributed by atoms with van der Waals surface area (Å²) in [5.74, 6) is -0.568. The molecule has 0 bridgehead atoms. The van der Waals surface area contributed by atoms with Gasteiger partial charge in [-0.1, -0.05) is 32.8 Å². The molecule has 0 spiro atoms. The van der Waals surface area contributed by atoms with Crippen LogP contribution in [0.3, 0.4) is 0 Å². The number of benzene rings is 1. The number of likely N-dealkylation sites (tertiary alicyclic amines) is 1. The Morgan fingerprint density at radius 2 is 1.85 bits per heavy atom. The van der Waals surface area contributed by atoms with Gasteiger partial charge in [0.25, 0.3) is 5.91 Å². The van der Waals surface area contributed by atoms with E-state index in [0.717, 1.165) is 44.3 Å². The second-order valence-electron chi connectivity index (χ2n) is 5.98. The van der Waals surface area contributed by atoms with Gasteiger partial charge >= 0.3 is 0 Å². The number of aryl methyl sites for hydroxylation is 1. The van der Waals surface area contributed by atoms with Crippen LogP contribution in [0.15, 0.2) is 18.2 Å². The monoisotopic (exact) mass is 277 g/mol. The summed E-state index contributed by atoms with van der Waals surface area (Å²) in [6, 6.07) is 4.83. The SMILES string of the molecule is CCC1(CC)CCN(C(=O)c2ccc(C)cc2F)CC1. The largest absolute Gasteiger partial charge is 0.339 e. The lowest BCUT2D eigenvalue weighted by molar-refractivity contribution is 0.0553. The molecule has 1 aliphatic heterocycles. The van der Waals surface area contributed by atoms with Crippen molar-refractivity contribution < 1.29 is 9.18 Å². The molecule has 1 fully saturated rings. The number of piperidine rings is 1. The van der Waals surface area contributed by atoms with Crippen LogP contribution < -0.4 is 0 Å². The molecule has 1 amide bonds. The Bertz CT molecular complexity index is 484. The average molecular weight is 277 g/mol. The maximum absolute atomic E-state index is 13.9. The molecule has 0 aliphatic carbocycles. The quantitative estimate of drug-likeness (QED) is 0.811. The lowest BCUT2D eigenvalue weighted by Crippen LogP contribution is -2.43. The van der Waals surface area contributed by atoms with Crippen molar-refractivity contribution in [2.24, 2.45) is 5.41 Å². The van der Waals surface area contributed by atoms with Gasteiger partial charge in [0.1, 0.15) is 5.82 Å². The van der Waals surface area contributed by atoms with E-state index < -0.39 is 5.82 Å². The molecule has 0 aromatic heterocycles. The Kier molecular flexibility index (Phi) is 4.46. The van der Waals surface area contributed by atoms with Gasteiger partial charge in [-0.15, -0.1) is 0 Å². The fraction of sp³-hybridized carbons (Fsp3) is 0.588. The Balaban J connectivity index is 2.09. The average Bonchev–Trinajstić information content (AvgIpc) is 2.47. The van der Waals surface area contributed by atoms with E-state index in [0.29, 0.717) is 5.41 Å². The van der Waals surface area contributed by atoms with Gasteiger partial charge in [0.2, 0.25) is 0 Å². The van der Waals surface area contributed by atoms with Crippen molar-refractivity contribution in [3.63, 3.8) is 0 Å². The number of hydrogen-bond acceptors (Lipinski definition) is 1. The summed E-state index contributed by atoms with van der Waals surface area (Å²) in [5, 5.41) is 0. The Hall–Kier alpha value is -1.38. The molecule has 110 valence electrons. The van der Waals surface area contributed by atoms with E-state index >= 15 is 0 Å². The predicted molar refractivity (Wildman–Crippen MR) is 79.3 cm³/mol. The highest BCUT2D eigenvalue weighted by atomic mass is 19.1. The molecule has 0 N–H and O–H groups in total. The van der Waals surface area contributed by atoms with Gasteiger partial charge in [0, 0.05) is 13.1 Å². The molecule has 2 rings (SSSR count). The molecule has 1 heterocycles. The van der Waals surface area contributed by atoms with Crippen LogP contribution in [-0.4, -0.2) is 23.9 Å². The molecule has 1 aromatic rings. The van der Waals surface area contributed by atoms with E-state index in [1.807, 2.05) is 6.92 Å². The van der Waals surface area contributed by atoms with Gasteiger partial charge in [0.15, 0.2) is 0 Å². The Morgan fingerprint density at radius 1 is 1.25 bits per heavy atom. The maximum atomic E-state index is 13.9. The first-order valence-electron chi connectivity index (χ1n) is 7.57. The van der Waals surface area contributed by atoms with Crippen LogP contribution in [-0.2, 0) is 0 Å². The maximum Gasteiger partial charge on any atom is 0.256 e. The van der Waals surface area contributed by atoms with Crippen molar-refractivity contribution in [3.05, 3.63) is 35.1 Å². The molecular formula is C17H24FNO. The summed E-state index contributed by atoms with van der Waals surface area (Å²) < 4.78 is 13.9. The van der Waals surface area contributed by atoms with Crippen LogP contribution in [0.4, 0.5) is 4.39 Å². The molecule has 1 saturated heterocycles. The predicted octanol–water partition coefficient (Wildman–Crippen LogP) is 4.18. The van der Waals surface area contributed by atoms with Gasteiger partial charge in [0.05, 0.1) is 5.56 Å². The number of rotatable bonds is 3. The van der Waals surface area contributed by atoms with Gasteiger partial charge in [-0.3, -0.25) is 4.79 Å². The third kappa shape index (κ3) is 2.87. The molecule has 1 aliphatic rings. The third-order valence-corrected chi connectivity index (χ3v) is 4.97. The van der Waals surface area contributed by atoms with Crippen LogP contribution in [0.5, 0.6) is 0 Å². The van der Waals surface area contributed by atoms with Crippen LogP contribution in [0, 0.1) is 18.2 Å². The van der Waals surface area contributed by atoms with Crippen molar-refractivity contribution in [3.8, 4) is 0 Å². The molecule has 2 nitrogen and oxygen atoms in total. The fourth-order valence-corrected chi connectivity index (χ4v) is 3.11. The van der Waals surface area contributed by atoms with E-state index in [9.17, 15) is 9.18 Å². The minimum absolute atomic E-state index is 0.164. The zero-order valence-electron chi connectivity index (χ0n) is 12.7. The van der Waals surface area contributed by atoms with E-state index in [4.69, 9.17) is 0 Å². The first-order valence-corrected chi connectivity index (χ1v) is 7.57. The molecular weight excluding hydrogens is 253 g/mol. The number of hydrogen-bond donors (Lipinski definition) is 0. The number of carbonyl (C=O) groups is 1. The first kappa shape index (κ1) is 15.0. The lowest BCUT2D eigenvalue weighted by Gasteiger charge is -2.41. The van der Waals surface area contributed by atoms with Gasteiger partial charge in [-0.2, -0.15) is 0 Å². The van der Waals surface area contributed by atoms with Crippen LogP contribution in [0.2, 0.25) is 0 Å². The minimum Gasteiger partial charge on any atom is -0.339 e. The van der Waals surface area contributed by atoms with Crippen molar-refractivity contribution in [2.75, 3.05) is 13.1 Å². The van der Waals surface area contributed by atoms with Gasteiger partial charge < -0.3 is 4.90 Å². The van der Waals surface area contributed by atoms with Crippen LogP contribution >= 0.6 is 0 Å². The smallest absolute Gasteiger partial charge is 0.256 e. The van der Waals surface area contributed by atoms with E-state index in [1.54, 1.807) is 17.0 Å². The van der Waals surface area contributed by atoms with Crippen LogP contribution in [0.25, 0.3) is 0 Å². The molecule has 0 unspecified atom stereocenters. The third-order valence-electron chi connectivity index (χ3n) is 4.97. The topological polar surface area (TPSA) is 20.3 Å². The molecule has 0 atom stereocenters. The Morgan fingerprint density at radius 3 is 2.35 bits per heavy atom. The zero-order valence-corrected chi connectivity index (χ0v) is 12.7. The lowest BCUT2D eigenvalue weighted by atomic mass is 9.74. The summed E-state index contributed by atoms with van der Waals surface area (Å²) >= 11 is 0. The van der Waals surface area contributed by atoms with Crippen molar-refractivity contribution in [2.45, 2.75) is 46.5 Å². The highest BCUT2D eigenvalue weighted by Crippen LogP contribution is 2.38. The molecule has 0 saturated carbocycles. The summed E-state index contributed by atoms with van der Waals surface area (Å²) in [4.78, 5) is 14.2. The van der Waals surface area contributed by atoms with E-state index in [1.165, 1.54) is 6.07 Å². The highest BCUT2D eigenvalue weighted by Gasteiger charge is 2.33. The number of carbonyl (C=O) groups excluding carboxylic acids is 1. The second-order valence-corrected chi connectivity index (χ2v) is 5.98. The summed E-state index contributed by atoms with van der Waals surface area (Å²) in [6.45, 7) is 7.76. The molecule has 1 aromatic carbocycles. The normalized spacial score (nSPS) is 18.1. The van der Waals surface area contributed by atoms with Gasteiger partial charge in [-0.25, -0.2) is 4.39 Å². The highest BCUT2D eigenvalue weighted by molar-refractivity contribution is 5.94. The zero-order chi connectivity index (χ0) is 14.8. The van der Waals surface area contributed by atoms with E-state index in [2.05, 4.69) is 13.8 Å². The number of halogens is 1. The molecule has 3 heteroatoms. The molecule has 0 radical (unpaired) electrons. The molecule has 20 heavy (non-hydrogen) atoms. The summed E-state index contributed by atoms with van der Waals surface area (Å²) in [7, 11) is 0. The first-order chi connectivity index (χ1) is 9.51. The summed E-state index contributed by atoms with van der Waals surface area (Å²) in [5.41, 5.74) is 1.42. The standard InChI is InChI=1S/C17H24FNO/c1-4-17(5-2)8-10-19(11-9-17)16(20)14-7-6-13(3)12-15(14)18/h6-7,12H,4-5,8-11H2,1-3H3. The number of amides is 1. The Labute approximate surface area is 121 Å².